The van der Waals surface area contributed by atoms with E-state index in [9.17, 15) is 9.59 Å². The smallest absolute Gasteiger partial charge is 0.257 e. The molecule has 0 saturated carbocycles. The Kier molecular flexibility index (Phi) is 6.01. The van der Waals surface area contributed by atoms with Gasteiger partial charge in [-0.1, -0.05) is 32.0 Å². The van der Waals surface area contributed by atoms with Crippen LogP contribution in [-0.2, 0) is 17.6 Å². The molecule has 7 nitrogen and oxygen atoms in total. The highest BCUT2D eigenvalue weighted by molar-refractivity contribution is 5.93. The van der Waals surface area contributed by atoms with Gasteiger partial charge < -0.3 is 15.1 Å². The van der Waals surface area contributed by atoms with Crippen LogP contribution in [0.25, 0.3) is 0 Å². The predicted molar refractivity (Wildman–Crippen MR) is 104 cm³/mol. The fraction of sp³-hybridized carbons (Fsp3) is 0.400. The number of nitrogens with one attached hydrogen (secondary N) is 1. The van der Waals surface area contributed by atoms with Gasteiger partial charge in [-0.2, -0.15) is 0 Å². The molecule has 142 valence electrons. The van der Waals surface area contributed by atoms with Crippen LogP contribution in [0.2, 0.25) is 0 Å². The van der Waals surface area contributed by atoms with Gasteiger partial charge in [-0.25, -0.2) is 9.97 Å². The minimum Gasteiger partial charge on any atom is -0.342 e. The first-order valence-electron chi connectivity index (χ1n) is 9.34. The fourth-order valence-electron chi connectivity index (χ4n) is 3.23. The molecule has 2 aromatic rings. The number of carbonyl (C=O) groups excluding carboxylic acids is 2. The van der Waals surface area contributed by atoms with E-state index in [1.54, 1.807) is 22.2 Å². The van der Waals surface area contributed by atoms with Crippen molar-refractivity contribution in [3.63, 3.8) is 0 Å². The number of hydrogen-bond donors (Lipinski definition) is 1. The van der Waals surface area contributed by atoms with E-state index >= 15 is 0 Å². The molecule has 0 spiro atoms. The number of aryl methyl sites for hydroxylation is 2. The van der Waals surface area contributed by atoms with Crippen LogP contribution in [-0.4, -0.2) is 58.3 Å². The summed E-state index contributed by atoms with van der Waals surface area (Å²) in [5.74, 6) is 0.378. The Balaban J connectivity index is 1.71. The Morgan fingerprint density at radius 1 is 1.07 bits per heavy atom. The lowest BCUT2D eigenvalue weighted by Gasteiger charge is -2.32. The van der Waals surface area contributed by atoms with Crippen molar-refractivity contribution in [2.75, 3.05) is 31.5 Å². The lowest BCUT2D eigenvalue weighted by atomic mass is 10.0. The van der Waals surface area contributed by atoms with Crippen molar-refractivity contribution >= 4 is 24.0 Å². The Bertz CT molecular complexity index is 776. The van der Waals surface area contributed by atoms with Crippen molar-refractivity contribution in [1.29, 1.82) is 0 Å². The largest absolute Gasteiger partial charge is 0.342 e. The lowest BCUT2D eigenvalue weighted by Crippen LogP contribution is -2.48. The summed E-state index contributed by atoms with van der Waals surface area (Å²) in [6.07, 6.45) is 5.77. The van der Waals surface area contributed by atoms with Crippen LogP contribution in [0.5, 0.6) is 0 Å². The zero-order valence-electron chi connectivity index (χ0n) is 15.8. The van der Waals surface area contributed by atoms with Crippen molar-refractivity contribution in [2.45, 2.75) is 26.7 Å². The summed E-state index contributed by atoms with van der Waals surface area (Å²) in [6.45, 7) is 6.41. The molecule has 1 fully saturated rings. The van der Waals surface area contributed by atoms with Crippen molar-refractivity contribution in [1.82, 2.24) is 19.8 Å². The Labute approximate surface area is 159 Å². The van der Waals surface area contributed by atoms with E-state index in [1.807, 2.05) is 0 Å². The molecule has 1 aromatic heterocycles. The number of aromatic nitrogens is 2. The van der Waals surface area contributed by atoms with E-state index in [-0.39, 0.29) is 5.91 Å². The number of anilines is 2. The number of nitrogens with zero attached hydrogens (tertiary/aromatic N) is 4. The van der Waals surface area contributed by atoms with Crippen molar-refractivity contribution in [3.05, 3.63) is 47.3 Å². The first kappa shape index (κ1) is 18.8. The molecule has 1 aromatic carbocycles. The number of benzene rings is 1. The molecule has 1 saturated heterocycles. The summed E-state index contributed by atoms with van der Waals surface area (Å²) < 4.78 is 0. The topological polar surface area (TPSA) is 78.4 Å². The van der Waals surface area contributed by atoms with Crippen molar-refractivity contribution < 1.29 is 9.59 Å². The quantitative estimate of drug-likeness (QED) is 0.793. The molecule has 0 radical (unpaired) electrons. The van der Waals surface area contributed by atoms with Crippen LogP contribution in [0.4, 0.5) is 11.6 Å². The van der Waals surface area contributed by atoms with Gasteiger partial charge in [0.2, 0.25) is 12.4 Å². The molecule has 2 amide bonds. The maximum Gasteiger partial charge on any atom is 0.257 e. The molecule has 0 atom stereocenters. The van der Waals surface area contributed by atoms with E-state index in [0.29, 0.717) is 37.7 Å². The van der Waals surface area contributed by atoms with E-state index in [1.165, 1.54) is 11.1 Å². The summed E-state index contributed by atoms with van der Waals surface area (Å²) in [5, 5.41) is 3.31. The van der Waals surface area contributed by atoms with Gasteiger partial charge in [-0.3, -0.25) is 9.59 Å². The highest BCUT2D eigenvalue weighted by Crippen LogP contribution is 2.25. The van der Waals surface area contributed by atoms with Crippen LogP contribution in [0, 0.1) is 0 Å². The van der Waals surface area contributed by atoms with Crippen LogP contribution >= 0.6 is 0 Å². The number of hydrogen-bond acceptors (Lipinski definition) is 5. The van der Waals surface area contributed by atoms with Gasteiger partial charge in [0.05, 0.1) is 5.56 Å². The van der Waals surface area contributed by atoms with Gasteiger partial charge in [-0.05, 0) is 24.0 Å². The van der Waals surface area contributed by atoms with Crippen molar-refractivity contribution in [3.8, 4) is 0 Å². The van der Waals surface area contributed by atoms with Gasteiger partial charge in [-0.15, -0.1) is 0 Å². The molecule has 1 N–H and O–H groups in total. The molecule has 0 unspecified atom stereocenters. The second-order valence-electron chi connectivity index (χ2n) is 6.51. The monoisotopic (exact) mass is 367 g/mol. The van der Waals surface area contributed by atoms with E-state index in [2.05, 4.69) is 47.3 Å². The van der Waals surface area contributed by atoms with Crippen LogP contribution in [0.1, 0.15) is 35.3 Å². The third kappa shape index (κ3) is 4.24. The van der Waals surface area contributed by atoms with Crippen LogP contribution in [0.15, 0.2) is 30.6 Å². The summed E-state index contributed by atoms with van der Waals surface area (Å²) in [5.41, 5.74) is 3.93. The first-order chi connectivity index (χ1) is 13.2. The molecule has 27 heavy (non-hydrogen) atoms. The van der Waals surface area contributed by atoms with Gasteiger partial charge in [0.25, 0.3) is 5.91 Å². The predicted octanol–water partition coefficient (Wildman–Crippen LogP) is 2.26. The Hall–Kier alpha value is -2.96. The molecule has 2 heterocycles. The van der Waals surface area contributed by atoms with E-state index in [4.69, 9.17) is 0 Å². The minimum atomic E-state index is -0.102. The maximum atomic E-state index is 12.6. The zero-order chi connectivity index (χ0) is 19.2. The van der Waals surface area contributed by atoms with Crippen LogP contribution in [0.3, 0.4) is 0 Å². The first-order valence-corrected chi connectivity index (χ1v) is 9.34. The zero-order valence-corrected chi connectivity index (χ0v) is 15.8. The second kappa shape index (κ2) is 8.62. The van der Waals surface area contributed by atoms with E-state index in [0.717, 1.165) is 24.9 Å². The standard InChI is InChI=1S/C20H25N5O2/c1-3-15-6-5-7-16(4-2)18(15)23-20-21-12-17(13-22-20)19(27)25-10-8-24(14-26)9-11-25/h5-7,12-14H,3-4,8-11H2,1-2H3,(H,21,22,23). The van der Waals surface area contributed by atoms with Gasteiger partial charge in [0.1, 0.15) is 0 Å². The molecular formula is C20H25N5O2. The highest BCUT2D eigenvalue weighted by Gasteiger charge is 2.22. The molecule has 1 aliphatic rings. The number of piperazine rings is 1. The van der Waals surface area contributed by atoms with Gasteiger partial charge in [0, 0.05) is 44.3 Å². The summed E-state index contributed by atoms with van der Waals surface area (Å²) in [7, 11) is 0. The Morgan fingerprint density at radius 2 is 1.67 bits per heavy atom. The molecule has 1 aliphatic heterocycles. The second-order valence-corrected chi connectivity index (χ2v) is 6.51. The van der Waals surface area contributed by atoms with Crippen molar-refractivity contribution in [2.24, 2.45) is 0 Å². The third-order valence-electron chi connectivity index (χ3n) is 4.88. The lowest BCUT2D eigenvalue weighted by molar-refractivity contribution is -0.119. The van der Waals surface area contributed by atoms with Crippen LogP contribution < -0.4 is 5.32 Å². The average molecular weight is 367 g/mol. The number of para-hydroxylation sites is 1. The highest BCUT2D eigenvalue weighted by atomic mass is 16.2. The molecular weight excluding hydrogens is 342 g/mol. The molecule has 0 aliphatic carbocycles. The number of carbonyl (C=O) groups is 2. The Morgan fingerprint density at radius 3 is 2.19 bits per heavy atom. The van der Waals surface area contributed by atoms with Gasteiger partial charge >= 0.3 is 0 Å². The number of amides is 2. The normalized spacial score (nSPS) is 14.1. The maximum absolute atomic E-state index is 12.6. The average Bonchev–Trinajstić information content (AvgIpc) is 2.74. The molecule has 0 bridgehead atoms. The summed E-state index contributed by atoms with van der Waals surface area (Å²) in [6, 6.07) is 6.26. The van der Waals surface area contributed by atoms with Gasteiger partial charge in [0.15, 0.2) is 0 Å². The fourth-order valence-corrected chi connectivity index (χ4v) is 3.23. The SMILES string of the molecule is CCc1cccc(CC)c1Nc1ncc(C(=O)N2CCN(C=O)CC2)cn1. The van der Waals surface area contributed by atoms with E-state index < -0.39 is 0 Å². The molecule has 3 rings (SSSR count). The third-order valence-corrected chi connectivity index (χ3v) is 4.88. The summed E-state index contributed by atoms with van der Waals surface area (Å²) >= 11 is 0. The summed E-state index contributed by atoms with van der Waals surface area (Å²) in [4.78, 5) is 35.4. The number of rotatable bonds is 6. The minimum absolute atomic E-state index is 0.102. The molecule has 7 heteroatoms.